The van der Waals surface area contributed by atoms with Crippen LogP contribution in [0.3, 0.4) is 0 Å². The van der Waals surface area contributed by atoms with Gasteiger partial charge < -0.3 is 15.0 Å². The van der Waals surface area contributed by atoms with Crippen LogP contribution in [0.15, 0.2) is 23.6 Å². The predicted molar refractivity (Wildman–Crippen MR) is 111 cm³/mol. The molecule has 150 valence electrons. The Morgan fingerprint density at radius 2 is 2.18 bits per heavy atom. The Labute approximate surface area is 169 Å². The van der Waals surface area contributed by atoms with Crippen LogP contribution >= 0.6 is 11.3 Å². The minimum Gasteiger partial charge on any atom is -0.495 e. The predicted octanol–water partition coefficient (Wildman–Crippen LogP) is 3.26. The first-order valence-corrected chi connectivity index (χ1v) is 10.5. The van der Waals surface area contributed by atoms with Gasteiger partial charge >= 0.3 is 0 Å². The fraction of sp³-hybridized carbons (Fsp3) is 0.476. The van der Waals surface area contributed by atoms with Crippen LogP contribution < -0.4 is 15.0 Å². The maximum absolute atomic E-state index is 12.5. The lowest BCUT2D eigenvalue weighted by atomic mass is 10.1. The second-order valence-electron chi connectivity index (χ2n) is 7.21. The van der Waals surface area contributed by atoms with Gasteiger partial charge in [0.25, 0.3) is 0 Å². The number of ether oxygens (including phenoxy) is 1. The van der Waals surface area contributed by atoms with Gasteiger partial charge in [0.15, 0.2) is 0 Å². The highest BCUT2D eigenvalue weighted by Crippen LogP contribution is 2.33. The highest BCUT2D eigenvalue weighted by Gasteiger charge is 2.36. The number of hydrogen-bond donors (Lipinski definition) is 1. The van der Waals surface area contributed by atoms with Gasteiger partial charge in [0.05, 0.1) is 23.7 Å². The summed E-state index contributed by atoms with van der Waals surface area (Å²) in [6.45, 7) is 4.99. The number of aryl methyl sites for hydroxylation is 3. The van der Waals surface area contributed by atoms with Crippen molar-refractivity contribution in [2.75, 3.05) is 25.1 Å². The first-order valence-electron chi connectivity index (χ1n) is 9.61. The van der Waals surface area contributed by atoms with Crippen molar-refractivity contribution in [2.45, 2.75) is 39.5 Å². The van der Waals surface area contributed by atoms with E-state index in [1.165, 1.54) is 0 Å². The van der Waals surface area contributed by atoms with Crippen LogP contribution in [0.4, 0.5) is 5.69 Å². The van der Waals surface area contributed by atoms with Crippen molar-refractivity contribution in [3.63, 3.8) is 0 Å². The molecule has 2 heterocycles. The molecule has 6 nitrogen and oxygen atoms in total. The number of nitrogens with one attached hydrogen (secondary N) is 1. The standard InChI is InChI=1S/C21H27N3O3S/c1-14-7-8-18(27-3)17(10-14)24-12-16(11-20(24)25)21(26)22-9-5-4-6-19-23-15(2)13-28-19/h7-8,10,13,16H,4-6,9,11-12H2,1-3H3,(H,22,26). The molecule has 1 N–H and O–H groups in total. The Balaban J connectivity index is 1.48. The van der Waals surface area contributed by atoms with Crippen molar-refractivity contribution >= 4 is 28.8 Å². The zero-order chi connectivity index (χ0) is 20.1. The first kappa shape index (κ1) is 20.3. The van der Waals surface area contributed by atoms with E-state index in [-0.39, 0.29) is 24.2 Å². The lowest BCUT2D eigenvalue weighted by Gasteiger charge is -2.20. The van der Waals surface area contributed by atoms with Gasteiger partial charge in [0.1, 0.15) is 5.75 Å². The summed E-state index contributed by atoms with van der Waals surface area (Å²) in [6.07, 6.45) is 3.07. The van der Waals surface area contributed by atoms with Crippen molar-refractivity contribution < 1.29 is 14.3 Å². The summed E-state index contributed by atoms with van der Waals surface area (Å²) in [6, 6.07) is 5.73. The molecule has 1 atom stereocenters. The minimum absolute atomic E-state index is 0.0387. The molecule has 1 unspecified atom stereocenters. The van der Waals surface area contributed by atoms with Gasteiger partial charge in [0.2, 0.25) is 11.8 Å². The van der Waals surface area contributed by atoms with E-state index in [0.717, 1.165) is 41.2 Å². The van der Waals surface area contributed by atoms with E-state index in [4.69, 9.17) is 4.74 Å². The van der Waals surface area contributed by atoms with Crippen LogP contribution in [-0.2, 0) is 16.0 Å². The van der Waals surface area contributed by atoms with E-state index >= 15 is 0 Å². The van der Waals surface area contributed by atoms with Gasteiger partial charge in [0, 0.05) is 30.6 Å². The van der Waals surface area contributed by atoms with Gasteiger partial charge in [-0.15, -0.1) is 11.3 Å². The molecule has 0 aliphatic carbocycles. The summed E-state index contributed by atoms with van der Waals surface area (Å²) in [5.74, 6) is 0.243. The van der Waals surface area contributed by atoms with Crippen LogP contribution in [0.1, 0.15) is 35.5 Å². The third kappa shape index (κ3) is 4.90. The Hall–Kier alpha value is -2.41. The van der Waals surface area contributed by atoms with E-state index in [2.05, 4.69) is 15.7 Å². The number of carbonyl (C=O) groups excluding carboxylic acids is 2. The zero-order valence-electron chi connectivity index (χ0n) is 16.7. The molecular formula is C21H27N3O3S. The summed E-state index contributed by atoms with van der Waals surface area (Å²) >= 11 is 1.68. The number of unbranched alkanes of at least 4 members (excludes halogenated alkanes) is 1. The van der Waals surface area contributed by atoms with Gasteiger partial charge in [-0.25, -0.2) is 4.98 Å². The summed E-state index contributed by atoms with van der Waals surface area (Å²) in [5, 5.41) is 6.19. The van der Waals surface area contributed by atoms with E-state index in [1.807, 2.05) is 32.0 Å². The third-order valence-corrected chi connectivity index (χ3v) is 5.93. The van der Waals surface area contributed by atoms with Gasteiger partial charge in [-0.2, -0.15) is 0 Å². The van der Waals surface area contributed by atoms with Crippen LogP contribution in [-0.4, -0.2) is 37.0 Å². The largest absolute Gasteiger partial charge is 0.495 e. The number of anilines is 1. The average Bonchev–Trinajstić information content (AvgIpc) is 3.26. The number of rotatable bonds is 8. The number of benzene rings is 1. The van der Waals surface area contributed by atoms with Gasteiger partial charge in [-0.1, -0.05) is 6.07 Å². The van der Waals surface area contributed by atoms with Crippen LogP contribution in [0.25, 0.3) is 0 Å². The van der Waals surface area contributed by atoms with Crippen molar-refractivity contribution in [1.82, 2.24) is 10.3 Å². The fourth-order valence-electron chi connectivity index (χ4n) is 3.40. The summed E-state index contributed by atoms with van der Waals surface area (Å²) in [4.78, 5) is 31.1. The van der Waals surface area contributed by atoms with Crippen molar-refractivity contribution in [3.8, 4) is 5.75 Å². The Kier molecular flexibility index (Phi) is 6.67. The van der Waals surface area contributed by atoms with E-state index in [1.54, 1.807) is 23.3 Å². The van der Waals surface area contributed by atoms with Crippen LogP contribution in [0.2, 0.25) is 0 Å². The smallest absolute Gasteiger partial charge is 0.227 e. The second-order valence-corrected chi connectivity index (χ2v) is 8.15. The summed E-state index contributed by atoms with van der Waals surface area (Å²) in [5.41, 5.74) is 2.85. The number of amides is 2. The Morgan fingerprint density at radius 3 is 2.89 bits per heavy atom. The molecule has 1 fully saturated rings. The highest BCUT2D eigenvalue weighted by atomic mass is 32.1. The van der Waals surface area contributed by atoms with E-state index in [9.17, 15) is 9.59 Å². The number of methoxy groups -OCH3 is 1. The topological polar surface area (TPSA) is 71.5 Å². The minimum atomic E-state index is -0.320. The average molecular weight is 402 g/mol. The van der Waals surface area contributed by atoms with Crippen LogP contribution in [0, 0.1) is 19.8 Å². The molecule has 0 bridgehead atoms. The molecule has 1 aromatic heterocycles. The Morgan fingerprint density at radius 1 is 1.36 bits per heavy atom. The maximum Gasteiger partial charge on any atom is 0.227 e. The lowest BCUT2D eigenvalue weighted by molar-refractivity contribution is -0.126. The Bertz CT molecular complexity index is 849. The number of thiazole rings is 1. The quantitative estimate of drug-likeness (QED) is 0.689. The number of aromatic nitrogens is 1. The first-order chi connectivity index (χ1) is 13.5. The SMILES string of the molecule is COc1ccc(C)cc1N1CC(C(=O)NCCCCc2nc(C)cs2)CC1=O. The molecule has 0 spiro atoms. The van der Waals surface area contributed by atoms with Gasteiger partial charge in [-0.3, -0.25) is 9.59 Å². The highest BCUT2D eigenvalue weighted by molar-refractivity contribution is 7.09. The molecule has 2 amide bonds. The van der Waals surface area contributed by atoms with E-state index in [0.29, 0.717) is 18.8 Å². The molecule has 2 aromatic rings. The number of carbonyl (C=O) groups is 2. The third-order valence-electron chi connectivity index (χ3n) is 4.90. The maximum atomic E-state index is 12.5. The monoisotopic (exact) mass is 401 g/mol. The normalized spacial score (nSPS) is 16.5. The van der Waals surface area contributed by atoms with Gasteiger partial charge in [-0.05, 0) is 50.8 Å². The van der Waals surface area contributed by atoms with E-state index < -0.39 is 0 Å². The summed E-state index contributed by atoms with van der Waals surface area (Å²) < 4.78 is 5.39. The zero-order valence-corrected chi connectivity index (χ0v) is 17.5. The van der Waals surface area contributed by atoms with Crippen molar-refractivity contribution in [2.24, 2.45) is 5.92 Å². The molecule has 28 heavy (non-hydrogen) atoms. The lowest BCUT2D eigenvalue weighted by Crippen LogP contribution is -2.33. The number of hydrogen-bond acceptors (Lipinski definition) is 5. The molecule has 1 aliphatic heterocycles. The molecule has 1 aliphatic rings. The summed E-state index contributed by atoms with van der Waals surface area (Å²) in [7, 11) is 1.59. The second kappa shape index (κ2) is 9.19. The molecule has 0 radical (unpaired) electrons. The molecule has 0 saturated carbocycles. The molecule has 1 aromatic carbocycles. The molecule has 7 heteroatoms. The molecular weight excluding hydrogens is 374 g/mol. The van der Waals surface area contributed by atoms with Crippen molar-refractivity contribution in [3.05, 3.63) is 39.8 Å². The fourth-order valence-corrected chi connectivity index (χ4v) is 4.22. The van der Waals surface area contributed by atoms with Crippen molar-refractivity contribution in [1.29, 1.82) is 0 Å². The number of nitrogens with zero attached hydrogens (tertiary/aromatic N) is 2. The molecule has 3 rings (SSSR count). The molecule has 1 saturated heterocycles. The van der Waals surface area contributed by atoms with Crippen LogP contribution in [0.5, 0.6) is 5.75 Å².